The van der Waals surface area contributed by atoms with Gasteiger partial charge in [0.1, 0.15) is 11.6 Å². The van der Waals surface area contributed by atoms with Crippen molar-refractivity contribution in [3.8, 4) is 11.3 Å². The molecule has 0 bridgehead atoms. The average molecular weight is 404 g/mol. The third-order valence-electron chi connectivity index (χ3n) is 5.66. The molecule has 4 aromatic rings. The van der Waals surface area contributed by atoms with Gasteiger partial charge in [-0.2, -0.15) is 14.6 Å². The van der Waals surface area contributed by atoms with Crippen molar-refractivity contribution < 1.29 is 14.3 Å². The Kier molecular flexibility index (Phi) is 4.27. The van der Waals surface area contributed by atoms with Crippen LogP contribution in [0, 0.1) is 11.7 Å². The van der Waals surface area contributed by atoms with Gasteiger partial charge in [0.2, 0.25) is 0 Å². The molecule has 7 nitrogen and oxygen atoms in total. The first-order valence-corrected chi connectivity index (χ1v) is 9.70. The molecular weight excluding hydrogens is 387 g/mol. The summed E-state index contributed by atoms with van der Waals surface area (Å²) in [6.45, 7) is 0. The molecule has 30 heavy (non-hydrogen) atoms. The van der Waals surface area contributed by atoms with E-state index >= 15 is 0 Å². The van der Waals surface area contributed by atoms with Crippen LogP contribution in [-0.4, -0.2) is 30.7 Å². The normalized spacial score (nSPS) is 18.8. The first kappa shape index (κ1) is 18.4. The summed E-state index contributed by atoms with van der Waals surface area (Å²) >= 11 is 0. The molecule has 0 unspecified atom stereocenters. The van der Waals surface area contributed by atoms with Gasteiger partial charge in [0.15, 0.2) is 11.3 Å². The predicted molar refractivity (Wildman–Crippen MR) is 108 cm³/mol. The molecule has 1 saturated carbocycles. The van der Waals surface area contributed by atoms with Gasteiger partial charge in [-0.25, -0.2) is 9.37 Å². The lowest BCUT2D eigenvalue weighted by Gasteiger charge is -2.15. The van der Waals surface area contributed by atoms with Crippen LogP contribution in [0.15, 0.2) is 53.3 Å². The van der Waals surface area contributed by atoms with Crippen molar-refractivity contribution >= 4 is 22.5 Å². The maximum atomic E-state index is 13.9. The number of hydrogen-bond donors (Lipinski definition) is 1. The van der Waals surface area contributed by atoms with E-state index in [1.165, 1.54) is 22.7 Å². The zero-order chi connectivity index (χ0) is 20.8. The highest BCUT2D eigenvalue weighted by Gasteiger charge is 2.33. The van der Waals surface area contributed by atoms with Crippen LogP contribution >= 0.6 is 0 Å². The number of benzene rings is 2. The number of hydrogen-bond acceptors (Lipinski definition) is 5. The van der Waals surface area contributed by atoms with Gasteiger partial charge in [-0.15, -0.1) is 0 Å². The summed E-state index contributed by atoms with van der Waals surface area (Å²) in [5.74, 6) is -1.43. The van der Waals surface area contributed by atoms with Gasteiger partial charge in [0, 0.05) is 22.9 Å². The van der Waals surface area contributed by atoms with Crippen LogP contribution in [0.3, 0.4) is 0 Å². The fraction of sp³-hybridized carbons (Fsp3) is 0.227. The monoisotopic (exact) mass is 404 g/mol. The van der Waals surface area contributed by atoms with Crippen molar-refractivity contribution in [2.24, 2.45) is 5.92 Å². The lowest BCUT2D eigenvalue weighted by atomic mass is 10.0. The summed E-state index contributed by atoms with van der Waals surface area (Å²) in [7, 11) is 0. The Labute approximate surface area is 169 Å². The molecule has 8 heteroatoms. The summed E-state index contributed by atoms with van der Waals surface area (Å²) < 4.78 is 15.4. The van der Waals surface area contributed by atoms with Gasteiger partial charge in [0.25, 0.3) is 5.56 Å². The number of aromatic nitrogens is 4. The van der Waals surface area contributed by atoms with E-state index in [1.54, 1.807) is 12.1 Å². The minimum absolute atomic E-state index is 0.179. The lowest BCUT2D eigenvalue weighted by Crippen LogP contribution is -2.20. The summed E-state index contributed by atoms with van der Waals surface area (Å²) in [6, 6.07) is 13.1. The van der Waals surface area contributed by atoms with E-state index in [2.05, 4.69) is 15.1 Å². The highest BCUT2D eigenvalue weighted by atomic mass is 19.1. The fourth-order valence-corrected chi connectivity index (χ4v) is 4.16. The number of carboxylic acids is 1. The second kappa shape index (κ2) is 6.98. The zero-order valence-electron chi connectivity index (χ0n) is 15.8. The Hall–Kier alpha value is -3.68. The van der Waals surface area contributed by atoms with Crippen molar-refractivity contribution in [3.63, 3.8) is 0 Å². The van der Waals surface area contributed by atoms with E-state index in [1.807, 2.05) is 18.2 Å². The van der Waals surface area contributed by atoms with E-state index in [4.69, 9.17) is 0 Å². The van der Waals surface area contributed by atoms with Crippen LogP contribution in [-0.2, 0) is 4.79 Å². The molecule has 5 rings (SSSR count). The van der Waals surface area contributed by atoms with Crippen molar-refractivity contribution in [3.05, 3.63) is 70.5 Å². The Morgan fingerprint density at radius 3 is 2.63 bits per heavy atom. The maximum absolute atomic E-state index is 13.9. The smallest absolute Gasteiger partial charge is 0.306 e. The third kappa shape index (κ3) is 3.01. The number of carboxylic acid groups (broad SMARTS) is 1. The molecule has 150 valence electrons. The molecule has 2 aromatic carbocycles. The van der Waals surface area contributed by atoms with E-state index in [0.717, 1.165) is 0 Å². The van der Waals surface area contributed by atoms with Crippen LogP contribution < -0.4 is 5.56 Å². The number of aliphatic carboxylic acids is 1. The number of carbonyl (C=O) groups is 1. The highest BCUT2D eigenvalue weighted by molar-refractivity contribution is 5.91. The molecule has 0 radical (unpaired) electrons. The number of halogens is 1. The Balaban J connectivity index is 1.79. The van der Waals surface area contributed by atoms with E-state index < -0.39 is 23.3 Å². The van der Waals surface area contributed by atoms with Gasteiger partial charge in [-0.3, -0.25) is 9.59 Å². The summed E-state index contributed by atoms with van der Waals surface area (Å²) in [6.07, 6.45) is 1.56. The van der Waals surface area contributed by atoms with Gasteiger partial charge in [-0.05, 0) is 31.4 Å². The molecule has 1 N–H and O–H groups in total. The minimum Gasteiger partial charge on any atom is -0.481 e. The number of fused-ring (bicyclic) bond motifs is 3. The van der Waals surface area contributed by atoms with Crippen molar-refractivity contribution in [1.82, 2.24) is 19.6 Å². The van der Waals surface area contributed by atoms with E-state index in [-0.39, 0.29) is 11.6 Å². The van der Waals surface area contributed by atoms with Gasteiger partial charge >= 0.3 is 5.97 Å². The molecule has 0 spiro atoms. The highest BCUT2D eigenvalue weighted by Crippen LogP contribution is 2.38. The van der Waals surface area contributed by atoms with Crippen LogP contribution in [0.2, 0.25) is 0 Å². The molecule has 0 amide bonds. The first-order chi connectivity index (χ1) is 14.5. The van der Waals surface area contributed by atoms with Gasteiger partial charge < -0.3 is 5.11 Å². The molecule has 0 saturated heterocycles. The van der Waals surface area contributed by atoms with Gasteiger partial charge in [-0.1, -0.05) is 30.3 Å². The summed E-state index contributed by atoms with van der Waals surface area (Å²) in [5.41, 5.74) is 0.983. The second-order valence-electron chi connectivity index (χ2n) is 7.54. The largest absolute Gasteiger partial charge is 0.481 e. The lowest BCUT2D eigenvalue weighted by molar-refractivity contribution is -0.141. The molecule has 2 atom stereocenters. The number of rotatable bonds is 3. The zero-order valence-corrected chi connectivity index (χ0v) is 15.8. The average Bonchev–Trinajstić information content (AvgIpc) is 3.23. The van der Waals surface area contributed by atoms with Crippen molar-refractivity contribution in [2.45, 2.75) is 25.2 Å². The Bertz CT molecular complexity index is 1350. The van der Waals surface area contributed by atoms with Gasteiger partial charge in [0.05, 0.1) is 11.4 Å². The second-order valence-corrected chi connectivity index (χ2v) is 7.54. The Morgan fingerprint density at radius 1 is 1.10 bits per heavy atom. The topological polar surface area (TPSA) is 97.5 Å². The van der Waals surface area contributed by atoms with Crippen LogP contribution in [0.25, 0.3) is 27.8 Å². The fourth-order valence-electron chi connectivity index (χ4n) is 4.16. The molecule has 1 aliphatic carbocycles. The number of nitrogens with zero attached hydrogens (tertiary/aromatic N) is 4. The molecular formula is C22H17FN4O3. The maximum Gasteiger partial charge on any atom is 0.306 e. The van der Waals surface area contributed by atoms with Crippen molar-refractivity contribution in [1.29, 1.82) is 0 Å². The van der Waals surface area contributed by atoms with Crippen LogP contribution in [0.1, 0.15) is 31.0 Å². The van der Waals surface area contributed by atoms with Crippen LogP contribution in [0.4, 0.5) is 4.39 Å². The molecule has 0 aliphatic heterocycles. The van der Waals surface area contributed by atoms with E-state index in [9.17, 15) is 19.1 Å². The summed E-state index contributed by atoms with van der Waals surface area (Å²) in [4.78, 5) is 33.1. The predicted octanol–water partition coefficient (Wildman–Crippen LogP) is 3.41. The third-order valence-corrected chi connectivity index (χ3v) is 5.66. The summed E-state index contributed by atoms with van der Waals surface area (Å²) in [5, 5.41) is 14.5. The molecule has 1 aliphatic rings. The SMILES string of the molecule is O=C(O)[C@H]1CC[C@H](c2nc3cc(F)ccc3c3nc(=O)c(-c4ccccc4)nn23)C1. The first-order valence-electron chi connectivity index (χ1n) is 9.70. The van der Waals surface area contributed by atoms with Crippen LogP contribution in [0.5, 0.6) is 0 Å². The minimum atomic E-state index is -0.837. The quantitative estimate of drug-likeness (QED) is 0.526. The molecule has 2 aromatic heterocycles. The standard InChI is InChI=1S/C22H17FN4O3/c23-15-8-9-16-17(11-15)24-19(13-6-7-14(10-13)22(29)30)27-20(16)25-21(28)18(26-27)12-4-2-1-3-5-12/h1-5,8-9,11,13-14H,6-7,10H2,(H,29,30)/t13-,14-/m0/s1. The van der Waals surface area contributed by atoms with E-state index in [0.29, 0.717) is 47.2 Å². The molecule has 1 fully saturated rings. The Morgan fingerprint density at radius 2 is 1.90 bits per heavy atom. The van der Waals surface area contributed by atoms with Crippen molar-refractivity contribution in [2.75, 3.05) is 0 Å². The molecule has 2 heterocycles.